The molecule has 5 nitrogen and oxygen atoms in total. The Morgan fingerprint density at radius 3 is 2.07 bits per heavy atom. The Balaban J connectivity index is 1.98. The van der Waals surface area contributed by atoms with Gasteiger partial charge in [0.2, 0.25) is 0 Å². The van der Waals surface area contributed by atoms with E-state index in [9.17, 15) is 14.4 Å². The normalized spacial score (nSPS) is 11.0. The van der Waals surface area contributed by atoms with Gasteiger partial charge in [-0.3, -0.25) is 14.4 Å². The van der Waals surface area contributed by atoms with Crippen LogP contribution < -0.4 is 9.47 Å². The Bertz CT molecular complexity index is 938. The number of rotatable bonds is 9. The van der Waals surface area contributed by atoms with E-state index in [4.69, 9.17) is 9.47 Å². The summed E-state index contributed by atoms with van der Waals surface area (Å²) in [5, 5.41) is 0. The fourth-order valence-corrected chi connectivity index (χ4v) is 2.52. The lowest BCUT2D eigenvalue weighted by atomic mass is 10.1. The van der Waals surface area contributed by atoms with E-state index in [0.717, 1.165) is 5.56 Å². The molecule has 0 aromatic heterocycles. The maximum Gasteiger partial charge on any atom is 0.163 e. The van der Waals surface area contributed by atoms with E-state index in [2.05, 4.69) is 0 Å². The van der Waals surface area contributed by atoms with Crippen molar-refractivity contribution in [1.82, 2.24) is 0 Å². The summed E-state index contributed by atoms with van der Waals surface area (Å²) in [5.74, 6) is 0.438. The van der Waals surface area contributed by atoms with E-state index in [1.165, 1.54) is 26.2 Å². The first kappa shape index (κ1) is 20.8. The minimum absolute atomic E-state index is 0.100. The first-order valence-corrected chi connectivity index (χ1v) is 8.67. The van der Waals surface area contributed by atoms with Gasteiger partial charge in [0.05, 0.1) is 26.2 Å². The molecule has 0 atom stereocenters. The van der Waals surface area contributed by atoms with Crippen molar-refractivity contribution in [3.8, 4) is 11.5 Å². The van der Waals surface area contributed by atoms with Crippen molar-refractivity contribution in [3.05, 3.63) is 71.3 Å². The second kappa shape index (κ2) is 10.0. The third kappa shape index (κ3) is 6.06. The molecule has 0 spiro atoms. The fraction of sp³-hybridized carbons (Fsp3) is 0.174. The highest BCUT2D eigenvalue weighted by molar-refractivity contribution is 6.11. The third-order valence-electron chi connectivity index (χ3n) is 3.97. The van der Waals surface area contributed by atoms with E-state index in [0.29, 0.717) is 22.6 Å². The molecule has 0 amide bonds. The molecule has 0 aliphatic heterocycles. The molecule has 0 radical (unpaired) electrons. The van der Waals surface area contributed by atoms with E-state index >= 15 is 0 Å². The van der Waals surface area contributed by atoms with Crippen LogP contribution in [0.1, 0.15) is 34.8 Å². The first-order chi connectivity index (χ1) is 13.4. The minimum atomic E-state index is -0.310. The van der Waals surface area contributed by atoms with Crippen LogP contribution in [0.2, 0.25) is 0 Å². The summed E-state index contributed by atoms with van der Waals surface area (Å²) in [4.78, 5) is 35.5. The van der Waals surface area contributed by atoms with Gasteiger partial charge in [0.1, 0.15) is 11.5 Å². The van der Waals surface area contributed by atoms with Crippen LogP contribution in [0.3, 0.4) is 0 Å². The van der Waals surface area contributed by atoms with Gasteiger partial charge in [-0.15, -0.1) is 0 Å². The second-order valence-corrected chi connectivity index (χ2v) is 6.07. The molecular formula is C23H22O5. The lowest BCUT2D eigenvalue weighted by molar-refractivity contribution is -0.121. The SMILES string of the molecule is COc1cccc(/C=C/C(=O)CC(=O)/C=C/c2ccc(C(C)=O)c(OC)c2)c1. The Hall–Kier alpha value is -3.47. The molecule has 2 aromatic rings. The van der Waals surface area contributed by atoms with Gasteiger partial charge in [-0.05, 0) is 54.5 Å². The quantitative estimate of drug-likeness (QED) is 0.372. The topological polar surface area (TPSA) is 69.7 Å². The van der Waals surface area contributed by atoms with Gasteiger partial charge in [0.15, 0.2) is 17.3 Å². The molecule has 0 aliphatic carbocycles. The molecular weight excluding hydrogens is 356 g/mol. The van der Waals surface area contributed by atoms with Crippen LogP contribution in [0.4, 0.5) is 0 Å². The van der Waals surface area contributed by atoms with E-state index in [-0.39, 0.29) is 23.8 Å². The summed E-state index contributed by atoms with van der Waals surface area (Å²) in [6, 6.07) is 12.3. The summed E-state index contributed by atoms with van der Waals surface area (Å²) in [5.41, 5.74) is 1.99. The van der Waals surface area contributed by atoms with Crippen LogP contribution >= 0.6 is 0 Å². The van der Waals surface area contributed by atoms with Crippen molar-refractivity contribution in [3.63, 3.8) is 0 Å². The fourth-order valence-electron chi connectivity index (χ4n) is 2.52. The molecule has 2 rings (SSSR count). The molecule has 2 aromatic carbocycles. The van der Waals surface area contributed by atoms with Crippen LogP contribution in [0, 0.1) is 0 Å². The lowest BCUT2D eigenvalue weighted by Gasteiger charge is -2.06. The number of benzene rings is 2. The van der Waals surface area contributed by atoms with E-state index in [1.807, 2.05) is 18.2 Å². The molecule has 28 heavy (non-hydrogen) atoms. The average Bonchev–Trinajstić information content (AvgIpc) is 2.70. The zero-order valence-corrected chi connectivity index (χ0v) is 16.1. The maximum absolute atomic E-state index is 12.0. The smallest absolute Gasteiger partial charge is 0.163 e. The van der Waals surface area contributed by atoms with Gasteiger partial charge in [-0.1, -0.05) is 30.4 Å². The Morgan fingerprint density at radius 2 is 1.50 bits per heavy atom. The van der Waals surface area contributed by atoms with Crippen LogP contribution in [0.15, 0.2) is 54.6 Å². The summed E-state index contributed by atoms with van der Waals surface area (Å²) >= 11 is 0. The van der Waals surface area contributed by atoms with E-state index < -0.39 is 0 Å². The standard InChI is InChI=1S/C23H22O5/c1-16(24)22-12-9-18(14-23(22)28-3)8-11-20(26)15-19(25)10-7-17-5-4-6-21(13-17)27-2/h4-14H,15H2,1-3H3/b10-7+,11-8+. The van der Waals surface area contributed by atoms with Crippen molar-refractivity contribution < 1.29 is 23.9 Å². The van der Waals surface area contributed by atoms with Crippen LogP contribution in [0.5, 0.6) is 11.5 Å². The average molecular weight is 378 g/mol. The number of hydrogen-bond acceptors (Lipinski definition) is 5. The van der Waals surface area contributed by atoms with Crippen molar-refractivity contribution >= 4 is 29.5 Å². The molecule has 0 unspecified atom stereocenters. The molecule has 0 saturated carbocycles. The number of ether oxygens (including phenoxy) is 2. The molecule has 144 valence electrons. The van der Waals surface area contributed by atoms with Crippen molar-refractivity contribution in [2.45, 2.75) is 13.3 Å². The van der Waals surface area contributed by atoms with Crippen LogP contribution in [-0.2, 0) is 9.59 Å². The molecule has 0 saturated heterocycles. The number of ketones is 3. The van der Waals surface area contributed by atoms with Crippen molar-refractivity contribution in [1.29, 1.82) is 0 Å². The Kier molecular flexibility index (Phi) is 7.45. The molecule has 0 fully saturated rings. The molecule has 0 aliphatic rings. The van der Waals surface area contributed by atoms with Gasteiger partial charge >= 0.3 is 0 Å². The maximum atomic E-state index is 12.0. The highest BCUT2D eigenvalue weighted by Gasteiger charge is 2.08. The van der Waals surface area contributed by atoms with Gasteiger partial charge < -0.3 is 9.47 Å². The number of carbonyl (C=O) groups is 3. The molecule has 5 heteroatoms. The number of carbonyl (C=O) groups excluding carboxylic acids is 3. The summed E-state index contributed by atoms with van der Waals surface area (Å²) < 4.78 is 10.3. The van der Waals surface area contributed by atoms with Crippen LogP contribution in [0.25, 0.3) is 12.2 Å². The number of methoxy groups -OCH3 is 2. The number of hydrogen-bond donors (Lipinski definition) is 0. The predicted octanol–water partition coefficient (Wildman–Crippen LogP) is 4.16. The first-order valence-electron chi connectivity index (χ1n) is 8.67. The molecule has 0 N–H and O–H groups in total. The summed E-state index contributed by atoms with van der Waals surface area (Å²) in [6.45, 7) is 1.46. The van der Waals surface area contributed by atoms with E-state index in [1.54, 1.807) is 43.5 Å². The molecule has 0 heterocycles. The van der Waals surface area contributed by atoms with Crippen LogP contribution in [-0.4, -0.2) is 31.6 Å². The Labute approximate surface area is 164 Å². The van der Waals surface area contributed by atoms with Gasteiger partial charge in [0.25, 0.3) is 0 Å². The Morgan fingerprint density at radius 1 is 0.857 bits per heavy atom. The minimum Gasteiger partial charge on any atom is -0.497 e. The van der Waals surface area contributed by atoms with Gasteiger partial charge in [-0.2, -0.15) is 0 Å². The zero-order chi connectivity index (χ0) is 20.5. The summed E-state index contributed by atoms with van der Waals surface area (Å²) in [7, 11) is 3.05. The largest absolute Gasteiger partial charge is 0.497 e. The van der Waals surface area contributed by atoms with Crippen molar-refractivity contribution in [2.24, 2.45) is 0 Å². The zero-order valence-electron chi connectivity index (χ0n) is 16.1. The predicted molar refractivity (Wildman–Crippen MR) is 109 cm³/mol. The monoisotopic (exact) mass is 378 g/mol. The third-order valence-corrected chi connectivity index (χ3v) is 3.97. The van der Waals surface area contributed by atoms with Crippen molar-refractivity contribution in [2.75, 3.05) is 14.2 Å². The highest BCUT2D eigenvalue weighted by Crippen LogP contribution is 2.21. The number of Topliss-reactive ketones (excluding diaryl/α,β-unsaturated/α-hetero) is 1. The van der Waals surface area contributed by atoms with Gasteiger partial charge in [0, 0.05) is 0 Å². The highest BCUT2D eigenvalue weighted by atomic mass is 16.5. The van der Waals surface area contributed by atoms with Gasteiger partial charge in [-0.25, -0.2) is 0 Å². The second-order valence-electron chi connectivity index (χ2n) is 6.07. The molecule has 0 bridgehead atoms. The lowest BCUT2D eigenvalue weighted by Crippen LogP contribution is -2.02. The summed E-state index contributed by atoms with van der Waals surface area (Å²) in [6.07, 6.45) is 5.74. The number of allylic oxidation sites excluding steroid dienone is 2.